The molecular weight excluding hydrogens is 411 g/mol. The molecule has 0 radical (unpaired) electrons. The van der Waals surface area contributed by atoms with Crippen LogP contribution in [0.5, 0.6) is 0 Å². The summed E-state index contributed by atoms with van der Waals surface area (Å²) in [6, 6.07) is 8.33. The zero-order valence-corrected chi connectivity index (χ0v) is 16.1. The third-order valence-electron chi connectivity index (χ3n) is 4.28. The highest BCUT2D eigenvalue weighted by atomic mass is 19.1. The number of benzene rings is 1. The van der Waals surface area contributed by atoms with E-state index in [1.54, 1.807) is 19.1 Å². The first-order valence-electron chi connectivity index (χ1n) is 9.12. The van der Waals surface area contributed by atoms with E-state index in [9.17, 15) is 18.8 Å². The summed E-state index contributed by atoms with van der Waals surface area (Å²) in [7, 11) is 0. The number of hydrogen-bond acceptors (Lipinski definition) is 8. The van der Waals surface area contributed by atoms with Crippen molar-refractivity contribution in [2.75, 3.05) is 0 Å². The number of aromatic nitrogens is 5. The number of furan rings is 1. The molecule has 0 bridgehead atoms. The summed E-state index contributed by atoms with van der Waals surface area (Å²) in [5, 5.41) is 10.2. The van der Waals surface area contributed by atoms with Crippen molar-refractivity contribution in [2.45, 2.75) is 20.0 Å². The minimum absolute atomic E-state index is 0.0444. The second-order valence-corrected chi connectivity index (χ2v) is 6.25. The fourth-order valence-electron chi connectivity index (χ4n) is 2.75. The SMILES string of the molecule is CCn1c(=O)c(-c2noc(C(=O)NCc3ccco3)n2)nn(-c2ccc(F)cc2)c1=O. The molecule has 0 aliphatic rings. The largest absolute Gasteiger partial charge is 0.467 e. The van der Waals surface area contributed by atoms with Crippen LogP contribution in [-0.2, 0) is 13.1 Å². The quantitative estimate of drug-likeness (QED) is 0.484. The van der Waals surface area contributed by atoms with Gasteiger partial charge < -0.3 is 14.3 Å². The number of nitrogens with zero attached hydrogens (tertiary/aromatic N) is 5. The molecular formula is C19H15FN6O5. The number of carbonyl (C=O) groups excluding carboxylic acids is 1. The molecule has 0 saturated heterocycles. The Balaban J connectivity index is 1.70. The Labute approximate surface area is 172 Å². The molecule has 1 N–H and O–H groups in total. The van der Waals surface area contributed by atoms with Crippen molar-refractivity contribution in [2.24, 2.45) is 0 Å². The lowest BCUT2D eigenvalue weighted by atomic mass is 10.3. The van der Waals surface area contributed by atoms with Gasteiger partial charge in [-0.2, -0.15) is 14.8 Å². The molecule has 1 amide bonds. The third kappa shape index (κ3) is 3.90. The Morgan fingerprint density at radius 1 is 1.19 bits per heavy atom. The molecule has 4 rings (SSSR count). The molecule has 0 aliphatic heterocycles. The highest BCUT2D eigenvalue weighted by molar-refractivity contribution is 5.89. The second-order valence-electron chi connectivity index (χ2n) is 6.25. The maximum Gasteiger partial charge on any atom is 0.352 e. The first-order chi connectivity index (χ1) is 15.0. The van der Waals surface area contributed by atoms with E-state index in [-0.39, 0.29) is 30.3 Å². The summed E-state index contributed by atoms with van der Waals surface area (Å²) >= 11 is 0. The van der Waals surface area contributed by atoms with Gasteiger partial charge in [-0.15, -0.1) is 0 Å². The Bertz CT molecular complexity index is 1340. The van der Waals surface area contributed by atoms with Crippen LogP contribution in [0.25, 0.3) is 17.2 Å². The van der Waals surface area contributed by atoms with Crippen molar-refractivity contribution < 1.29 is 18.1 Å². The Morgan fingerprint density at radius 2 is 1.97 bits per heavy atom. The van der Waals surface area contributed by atoms with Gasteiger partial charge in [-0.1, -0.05) is 5.16 Å². The predicted octanol–water partition coefficient (Wildman–Crippen LogP) is 1.13. The average molecular weight is 426 g/mol. The first kappa shape index (κ1) is 19.9. The molecule has 3 aromatic heterocycles. The van der Waals surface area contributed by atoms with Crippen molar-refractivity contribution >= 4 is 5.91 Å². The van der Waals surface area contributed by atoms with E-state index in [0.29, 0.717) is 5.76 Å². The standard InChI is InChI=1S/C19H15FN6O5/c1-2-25-18(28)14(23-26(19(25)29)12-7-5-11(20)6-8-12)15-22-17(31-24-15)16(27)21-10-13-4-3-9-30-13/h3-9H,2,10H2,1H3,(H,21,27). The predicted molar refractivity (Wildman–Crippen MR) is 103 cm³/mol. The normalized spacial score (nSPS) is 10.9. The van der Waals surface area contributed by atoms with Gasteiger partial charge in [0.15, 0.2) is 5.69 Å². The van der Waals surface area contributed by atoms with Crippen LogP contribution in [0, 0.1) is 5.82 Å². The maximum absolute atomic E-state index is 13.2. The topological polar surface area (TPSA) is 138 Å². The molecule has 0 aliphatic carbocycles. The summed E-state index contributed by atoms with van der Waals surface area (Å²) in [5.41, 5.74) is -1.55. The summed E-state index contributed by atoms with van der Waals surface area (Å²) in [6.45, 7) is 1.74. The van der Waals surface area contributed by atoms with Gasteiger partial charge >= 0.3 is 17.5 Å². The molecule has 0 spiro atoms. The molecule has 4 aromatic rings. The van der Waals surface area contributed by atoms with Crippen LogP contribution in [0.1, 0.15) is 23.4 Å². The molecule has 1 aromatic carbocycles. The van der Waals surface area contributed by atoms with Crippen molar-refractivity contribution in [1.29, 1.82) is 0 Å². The van der Waals surface area contributed by atoms with Crippen molar-refractivity contribution in [3.63, 3.8) is 0 Å². The molecule has 0 atom stereocenters. The molecule has 11 nitrogen and oxygen atoms in total. The van der Waals surface area contributed by atoms with Gasteiger partial charge in [0.2, 0.25) is 5.82 Å². The Kier molecular flexibility index (Phi) is 5.26. The summed E-state index contributed by atoms with van der Waals surface area (Å²) in [6.07, 6.45) is 1.47. The summed E-state index contributed by atoms with van der Waals surface area (Å²) in [4.78, 5) is 41.5. The fourth-order valence-corrected chi connectivity index (χ4v) is 2.75. The smallest absolute Gasteiger partial charge is 0.352 e. The van der Waals surface area contributed by atoms with E-state index in [1.165, 1.54) is 18.4 Å². The fraction of sp³-hybridized carbons (Fsp3) is 0.158. The van der Waals surface area contributed by atoms with Gasteiger partial charge in [0.1, 0.15) is 11.6 Å². The van der Waals surface area contributed by atoms with E-state index < -0.39 is 28.9 Å². The van der Waals surface area contributed by atoms with Crippen LogP contribution in [0.2, 0.25) is 0 Å². The van der Waals surface area contributed by atoms with Crippen molar-refractivity contribution in [3.8, 4) is 17.2 Å². The number of carbonyl (C=O) groups is 1. The zero-order valence-electron chi connectivity index (χ0n) is 16.1. The number of rotatable bonds is 6. The van der Waals surface area contributed by atoms with Crippen LogP contribution in [-0.4, -0.2) is 30.4 Å². The number of nitrogens with one attached hydrogen (secondary N) is 1. The lowest BCUT2D eigenvalue weighted by molar-refractivity contribution is 0.0904. The summed E-state index contributed by atoms with van der Waals surface area (Å²) < 4.78 is 25.1. The van der Waals surface area contributed by atoms with Crippen LogP contribution >= 0.6 is 0 Å². The second kappa shape index (κ2) is 8.18. The monoisotopic (exact) mass is 426 g/mol. The molecule has 31 heavy (non-hydrogen) atoms. The van der Waals surface area contributed by atoms with E-state index in [0.717, 1.165) is 21.4 Å². The number of amides is 1. The van der Waals surface area contributed by atoms with E-state index in [4.69, 9.17) is 8.94 Å². The van der Waals surface area contributed by atoms with Gasteiger partial charge in [-0.25, -0.2) is 9.18 Å². The van der Waals surface area contributed by atoms with Crippen LogP contribution in [0.4, 0.5) is 4.39 Å². The van der Waals surface area contributed by atoms with Gasteiger partial charge in [-0.3, -0.25) is 14.2 Å². The minimum Gasteiger partial charge on any atom is -0.467 e. The zero-order chi connectivity index (χ0) is 22.0. The van der Waals surface area contributed by atoms with Crippen molar-refractivity contribution in [3.05, 3.63) is 81.0 Å². The lowest BCUT2D eigenvalue weighted by Crippen LogP contribution is -2.41. The highest BCUT2D eigenvalue weighted by Crippen LogP contribution is 2.11. The van der Waals surface area contributed by atoms with Gasteiger partial charge in [0, 0.05) is 6.54 Å². The minimum atomic E-state index is -0.755. The molecule has 0 unspecified atom stereocenters. The van der Waals surface area contributed by atoms with E-state index >= 15 is 0 Å². The summed E-state index contributed by atoms with van der Waals surface area (Å²) in [5.74, 6) is -1.33. The van der Waals surface area contributed by atoms with Crippen molar-refractivity contribution in [1.82, 2.24) is 29.8 Å². The number of hydrogen-bond donors (Lipinski definition) is 1. The molecule has 0 fully saturated rings. The Morgan fingerprint density at radius 3 is 2.65 bits per heavy atom. The van der Waals surface area contributed by atoms with Gasteiger partial charge in [0.05, 0.1) is 18.5 Å². The van der Waals surface area contributed by atoms with Crippen LogP contribution < -0.4 is 16.6 Å². The van der Waals surface area contributed by atoms with Gasteiger partial charge in [0.25, 0.3) is 5.56 Å². The van der Waals surface area contributed by atoms with Crippen LogP contribution in [0.15, 0.2) is 61.2 Å². The van der Waals surface area contributed by atoms with Gasteiger partial charge in [-0.05, 0) is 43.3 Å². The third-order valence-corrected chi connectivity index (χ3v) is 4.28. The molecule has 158 valence electrons. The van der Waals surface area contributed by atoms with E-state index in [2.05, 4.69) is 20.6 Å². The molecule has 3 heterocycles. The average Bonchev–Trinajstić information content (AvgIpc) is 3.46. The maximum atomic E-state index is 13.2. The molecule has 0 saturated carbocycles. The lowest BCUT2D eigenvalue weighted by Gasteiger charge is -2.09. The molecule has 12 heteroatoms. The highest BCUT2D eigenvalue weighted by Gasteiger charge is 2.22. The first-order valence-corrected chi connectivity index (χ1v) is 9.12. The van der Waals surface area contributed by atoms with E-state index in [1.807, 2.05) is 0 Å². The van der Waals surface area contributed by atoms with Crippen LogP contribution in [0.3, 0.4) is 0 Å². The number of halogens is 1. The Hall–Kier alpha value is -4.35.